The lowest BCUT2D eigenvalue weighted by Gasteiger charge is -2.34. The van der Waals surface area contributed by atoms with Crippen LogP contribution in [-0.2, 0) is 21.8 Å². The maximum Gasteiger partial charge on any atom is 0.253 e. The quantitative estimate of drug-likeness (QED) is 0.429. The molecule has 2 atom stereocenters. The molecule has 3 amide bonds. The van der Waals surface area contributed by atoms with Crippen LogP contribution in [0.15, 0.2) is 65.0 Å². The Bertz CT molecular complexity index is 1270. The summed E-state index contributed by atoms with van der Waals surface area (Å²) in [6, 6.07) is 18.0. The smallest absolute Gasteiger partial charge is 0.253 e. The minimum Gasteiger partial charge on any atom is -0.339 e. The van der Waals surface area contributed by atoms with Crippen LogP contribution in [0.25, 0.3) is 0 Å². The third kappa shape index (κ3) is 6.59. The van der Waals surface area contributed by atoms with E-state index in [0.29, 0.717) is 48.5 Å². The summed E-state index contributed by atoms with van der Waals surface area (Å²) < 4.78 is 1.02. The average Bonchev–Trinajstić information content (AvgIpc) is 3.55. The van der Waals surface area contributed by atoms with Gasteiger partial charge in [0.2, 0.25) is 11.8 Å². The van der Waals surface area contributed by atoms with Crippen molar-refractivity contribution < 1.29 is 14.4 Å². The van der Waals surface area contributed by atoms with Crippen LogP contribution in [0.1, 0.15) is 34.8 Å². The highest BCUT2D eigenvalue weighted by Crippen LogP contribution is 2.42. The van der Waals surface area contributed by atoms with Gasteiger partial charge in [-0.05, 0) is 42.0 Å². The average molecular weight is 535 g/mol. The highest BCUT2D eigenvalue weighted by atomic mass is 32.2. The number of rotatable bonds is 8. The Balaban J connectivity index is 1.09. The van der Waals surface area contributed by atoms with Crippen LogP contribution < -0.4 is 5.32 Å². The van der Waals surface area contributed by atoms with Crippen LogP contribution in [0.5, 0.6) is 0 Å². The summed E-state index contributed by atoms with van der Waals surface area (Å²) in [6.07, 6.45) is 3.66. The molecule has 7 nitrogen and oxygen atoms in total. The molecule has 0 spiro atoms. The Kier molecular flexibility index (Phi) is 7.90. The number of hydrogen-bond acceptors (Lipinski definition) is 6. The minimum atomic E-state index is 0.00323. The van der Waals surface area contributed by atoms with E-state index in [1.165, 1.54) is 16.9 Å². The molecular formula is C28H30N4O3S2. The molecule has 2 fully saturated rings. The van der Waals surface area contributed by atoms with E-state index < -0.39 is 0 Å². The monoisotopic (exact) mass is 534 g/mol. The Morgan fingerprint density at radius 1 is 1.00 bits per heavy atom. The molecule has 2 heterocycles. The van der Waals surface area contributed by atoms with Crippen LogP contribution in [0, 0.1) is 11.8 Å². The maximum absolute atomic E-state index is 13.0. The van der Waals surface area contributed by atoms with Gasteiger partial charge in [0.05, 0.1) is 10.4 Å². The zero-order chi connectivity index (χ0) is 25.8. The van der Waals surface area contributed by atoms with E-state index in [-0.39, 0.29) is 23.6 Å². The molecule has 1 saturated carbocycles. The molecule has 1 saturated heterocycles. The van der Waals surface area contributed by atoms with Crippen LogP contribution >= 0.6 is 23.1 Å². The number of benzene rings is 2. The van der Waals surface area contributed by atoms with Gasteiger partial charge in [0.15, 0.2) is 5.13 Å². The summed E-state index contributed by atoms with van der Waals surface area (Å²) in [4.78, 5) is 45.1. The standard InChI is InChI=1S/C28H30N4O3S2/c1-19(33)31-10-12-32(13-11-31)27(35)22-9-5-8-21(15-22)18-36-25-17-29-28(37-25)30-26(34)24-16-23(24)14-20-6-3-2-4-7-20/h2-9,15,17,23-24H,10-14,16,18H2,1H3,(H,29,30,34)/t23-,24-/m1/s1. The number of hydrogen-bond donors (Lipinski definition) is 1. The number of carbonyl (C=O) groups excluding carboxylic acids is 3. The summed E-state index contributed by atoms with van der Waals surface area (Å²) in [5, 5.41) is 3.62. The first-order valence-electron chi connectivity index (χ1n) is 12.5. The molecule has 0 bridgehead atoms. The normalized spacial score (nSPS) is 18.9. The van der Waals surface area contributed by atoms with E-state index in [1.54, 1.807) is 29.8 Å². The molecule has 37 heavy (non-hydrogen) atoms. The van der Waals surface area contributed by atoms with Gasteiger partial charge in [-0.25, -0.2) is 4.98 Å². The minimum absolute atomic E-state index is 0.00323. The first kappa shape index (κ1) is 25.5. The Labute approximate surface area is 225 Å². The molecule has 0 radical (unpaired) electrons. The molecule has 1 N–H and O–H groups in total. The predicted octanol–water partition coefficient (Wildman–Crippen LogP) is 4.56. The Hall–Kier alpha value is -3.17. The molecule has 3 aromatic rings. The van der Waals surface area contributed by atoms with Gasteiger partial charge in [-0.15, -0.1) is 11.8 Å². The van der Waals surface area contributed by atoms with Crippen LogP contribution in [-0.4, -0.2) is 58.7 Å². The molecule has 0 unspecified atom stereocenters. The van der Waals surface area contributed by atoms with E-state index in [2.05, 4.69) is 22.4 Å². The van der Waals surface area contributed by atoms with Gasteiger partial charge in [0.25, 0.3) is 5.91 Å². The second kappa shape index (κ2) is 11.5. The van der Waals surface area contributed by atoms with Gasteiger partial charge in [-0.1, -0.05) is 53.8 Å². The third-order valence-corrected chi connectivity index (χ3v) is 9.06. The number of thiazole rings is 1. The van der Waals surface area contributed by atoms with E-state index in [0.717, 1.165) is 22.6 Å². The van der Waals surface area contributed by atoms with Crippen molar-refractivity contribution in [2.24, 2.45) is 11.8 Å². The largest absolute Gasteiger partial charge is 0.339 e. The van der Waals surface area contributed by atoms with Crippen molar-refractivity contribution in [2.45, 2.75) is 29.7 Å². The first-order valence-corrected chi connectivity index (χ1v) is 14.3. The van der Waals surface area contributed by atoms with E-state index in [9.17, 15) is 14.4 Å². The molecule has 9 heteroatoms. The highest BCUT2D eigenvalue weighted by molar-refractivity contribution is 8.00. The summed E-state index contributed by atoms with van der Waals surface area (Å²) in [6.45, 7) is 3.83. The lowest BCUT2D eigenvalue weighted by molar-refractivity contribution is -0.130. The molecule has 192 valence electrons. The van der Waals surface area contributed by atoms with Gasteiger partial charge in [0, 0.05) is 50.3 Å². The summed E-state index contributed by atoms with van der Waals surface area (Å²) in [5.41, 5.74) is 3.00. The number of carbonyl (C=O) groups is 3. The lowest BCUT2D eigenvalue weighted by atomic mass is 10.1. The van der Waals surface area contributed by atoms with Gasteiger partial charge in [0.1, 0.15) is 0 Å². The molecule has 1 aliphatic heterocycles. The second-order valence-electron chi connectivity index (χ2n) is 9.55. The van der Waals surface area contributed by atoms with Gasteiger partial charge in [-0.2, -0.15) is 0 Å². The van der Waals surface area contributed by atoms with E-state index >= 15 is 0 Å². The fourth-order valence-corrected chi connectivity index (χ4v) is 6.47. The van der Waals surface area contributed by atoms with Gasteiger partial charge >= 0.3 is 0 Å². The van der Waals surface area contributed by atoms with Crippen molar-refractivity contribution in [1.82, 2.24) is 14.8 Å². The number of amides is 3. The fourth-order valence-electron chi connectivity index (χ4n) is 4.65. The maximum atomic E-state index is 13.0. The number of nitrogens with zero attached hydrogens (tertiary/aromatic N) is 3. The van der Waals surface area contributed by atoms with Gasteiger partial charge < -0.3 is 15.1 Å². The van der Waals surface area contributed by atoms with Crippen molar-refractivity contribution in [1.29, 1.82) is 0 Å². The van der Waals surface area contributed by atoms with Crippen LogP contribution in [0.3, 0.4) is 0 Å². The van der Waals surface area contributed by atoms with Crippen molar-refractivity contribution >= 4 is 46.0 Å². The number of thioether (sulfide) groups is 1. The number of nitrogens with one attached hydrogen (secondary N) is 1. The summed E-state index contributed by atoms with van der Waals surface area (Å²) in [5.74, 6) is 1.29. The SMILES string of the molecule is CC(=O)N1CCN(C(=O)c2cccc(CSc3cnc(NC(=O)[C@@H]4C[C@H]4Cc4ccccc4)s3)c2)CC1. The molecule has 1 aromatic heterocycles. The predicted molar refractivity (Wildman–Crippen MR) is 147 cm³/mol. The number of anilines is 1. The second-order valence-corrected chi connectivity index (χ2v) is 11.9. The molecule has 2 aromatic carbocycles. The lowest BCUT2D eigenvalue weighted by Crippen LogP contribution is -2.50. The molecular weight excluding hydrogens is 504 g/mol. The number of aromatic nitrogens is 1. The summed E-state index contributed by atoms with van der Waals surface area (Å²) in [7, 11) is 0. The van der Waals surface area contributed by atoms with E-state index in [1.807, 2.05) is 47.4 Å². The van der Waals surface area contributed by atoms with E-state index in [4.69, 9.17) is 0 Å². The Morgan fingerprint density at radius 3 is 2.49 bits per heavy atom. The van der Waals surface area contributed by atoms with Crippen LogP contribution in [0.2, 0.25) is 0 Å². The molecule has 1 aliphatic carbocycles. The highest BCUT2D eigenvalue weighted by Gasteiger charge is 2.42. The topological polar surface area (TPSA) is 82.6 Å². The van der Waals surface area contributed by atoms with Crippen LogP contribution in [0.4, 0.5) is 5.13 Å². The van der Waals surface area contributed by atoms with Crippen molar-refractivity contribution in [3.8, 4) is 0 Å². The summed E-state index contributed by atoms with van der Waals surface area (Å²) >= 11 is 3.12. The van der Waals surface area contributed by atoms with Crippen molar-refractivity contribution in [2.75, 3.05) is 31.5 Å². The number of piperazine rings is 1. The molecule has 5 rings (SSSR count). The zero-order valence-electron chi connectivity index (χ0n) is 20.8. The van der Waals surface area contributed by atoms with Gasteiger partial charge in [-0.3, -0.25) is 14.4 Å². The first-order chi connectivity index (χ1) is 18.0. The Morgan fingerprint density at radius 2 is 1.73 bits per heavy atom. The molecule has 2 aliphatic rings. The van der Waals surface area contributed by atoms with Crippen molar-refractivity contribution in [3.63, 3.8) is 0 Å². The third-order valence-electron chi connectivity index (χ3n) is 6.88. The zero-order valence-corrected chi connectivity index (χ0v) is 22.4. The van der Waals surface area contributed by atoms with Crippen molar-refractivity contribution in [3.05, 3.63) is 77.5 Å². The fraction of sp³-hybridized carbons (Fsp3) is 0.357.